The lowest BCUT2D eigenvalue weighted by Crippen LogP contribution is -2.50. The highest BCUT2D eigenvalue weighted by Gasteiger charge is 2.34. The summed E-state index contributed by atoms with van der Waals surface area (Å²) in [5.74, 6) is -0.942. The minimum absolute atomic E-state index is 0.0262. The van der Waals surface area contributed by atoms with Crippen LogP contribution in [0.4, 0.5) is 4.39 Å². The number of nitrogens with zero attached hydrogens (tertiary/aromatic N) is 4. The van der Waals surface area contributed by atoms with Crippen LogP contribution in [-0.4, -0.2) is 59.8 Å². The number of hydrogen-bond acceptors (Lipinski definition) is 6. The molecule has 1 aliphatic rings. The van der Waals surface area contributed by atoms with Crippen molar-refractivity contribution in [1.82, 2.24) is 19.3 Å². The second-order valence-corrected chi connectivity index (χ2v) is 8.34. The van der Waals surface area contributed by atoms with E-state index >= 15 is 0 Å². The Morgan fingerprint density at radius 2 is 1.79 bits per heavy atom. The molecule has 3 aromatic rings. The molecule has 3 heterocycles. The van der Waals surface area contributed by atoms with Crippen LogP contribution in [0.3, 0.4) is 0 Å². The van der Waals surface area contributed by atoms with Crippen LogP contribution in [-0.2, 0) is 10.0 Å². The smallest absolute Gasteiger partial charge is 0.256 e. The van der Waals surface area contributed by atoms with Gasteiger partial charge >= 0.3 is 0 Å². The van der Waals surface area contributed by atoms with Crippen LogP contribution in [0.25, 0.3) is 11.3 Å². The van der Waals surface area contributed by atoms with Crippen molar-refractivity contribution < 1.29 is 22.1 Å². The molecule has 0 saturated carbocycles. The Hall–Kier alpha value is -3.11. The van der Waals surface area contributed by atoms with Crippen molar-refractivity contribution in [2.24, 2.45) is 0 Å². The van der Waals surface area contributed by atoms with Gasteiger partial charge in [-0.05, 0) is 24.3 Å². The van der Waals surface area contributed by atoms with Gasteiger partial charge in [0, 0.05) is 44.1 Å². The number of halogens is 1. The summed E-state index contributed by atoms with van der Waals surface area (Å²) in [4.78, 5) is 17.9. The van der Waals surface area contributed by atoms with E-state index in [0.717, 1.165) is 6.20 Å². The Kier molecular flexibility index (Phi) is 5.12. The highest BCUT2D eigenvalue weighted by atomic mass is 32.2. The first-order valence-corrected chi connectivity index (χ1v) is 10.3. The summed E-state index contributed by atoms with van der Waals surface area (Å²) in [5.41, 5.74) is 0.471. The zero-order valence-electron chi connectivity index (χ0n) is 15.2. The molecular weight excluding hydrogens is 399 g/mol. The zero-order chi connectivity index (χ0) is 20.4. The van der Waals surface area contributed by atoms with E-state index in [1.807, 2.05) is 0 Å². The third kappa shape index (κ3) is 3.64. The van der Waals surface area contributed by atoms with Gasteiger partial charge in [-0.25, -0.2) is 12.8 Å². The first-order chi connectivity index (χ1) is 14.0. The SMILES string of the molecule is O=C(c1ccccc1F)N1CCN(S(=O)(=O)c2cnoc2-c2cccnc2)CC1. The number of aromatic nitrogens is 2. The van der Waals surface area contributed by atoms with Crippen molar-refractivity contribution >= 4 is 15.9 Å². The average molecular weight is 416 g/mol. The van der Waals surface area contributed by atoms with E-state index < -0.39 is 21.7 Å². The normalized spacial score (nSPS) is 15.4. The predicted molar refractivity (Wildman–Crippen MR) is 101 cm³/mol. The quantitative estimate of drug-likeness (QED) is 0.646. The van der Waals surface area contributed by atoms with Crippen LogP contribution >= 0.6 is 0 Å². The molecule has 10 heteroatoms. The number of piperazine rings is 1. The maximum atomic E-state index is 13.9. The summed E-state index contributed by atoms with van der Waals surface area (Å²) >= 11 is 0. The van der Waals surface area contributed by atoms with Crippen molar-refractivity contribution in [1.29, 1.82) is 0 Å². The Morgan fingerprint density at radius 3 is 2.48 bits per heavy atom. The number of pyridine rings is 1. The Balaban J connectivity index is 1.51. The lowest BCUT2D eigenvalue weighted by Gasteiger charge is -2.33. The van der Waals surface area contributed by atoms with Crippen molar-refractivity contribution in [2.45, 2.75) is 4.90 Å². The van der Waals surface area contributed by atoms with E-state index in [2.05, 4.69) is 10.1 Å². The van der Waals surface area contributed by atoms with Crippen molar-refractivity contribution in [3.05, 3.63) is 66.4 Å². The molecule has 0 bridgehead atoms. The van der Waals surface area contributed by atoms with Gasteiger partial charge in [0.15, 0.2) is 5.76 Å². The molecule has 150 valence electrons. The molecular formula is C19H17FN4O4S. The lowest BCUT2D eigenvalue weighted by molar-refractivity contribution is 0.0693. The topological polar surface area (TPSA) is 96.6 Å². The molecule has 0 spiro atoms. The molecule has 1 fully saturated rings. The number of benzene rings is 1. The van der Waals surface area contributed by atoms with Gasteiger partial charge < -0.3 is 9.42 Å². The first-order valence-electron chi connectivity index (χ1n) is 8.87. The van der Waals surface area contributed by atoms with E-state index in [9.17, 15) is 17.6 Å². The molecule has 1 aromatic carbocycles. The van der Waals surface area contributed by atoms with Gasteiger partial charge in [0.2, 0.25) is 10.0 Å². The maximum Gasteiger partial charge on any atom is 0.256 e. The van der Waals surface area contributed by atoms with Crippen LogP contribution in [0.2, 0.25) is 0 Å². The summed E-state index contributed by atoms with van der Waals surface area (Å²) in [5, 5.41) is 3.64. The van der Waals surface area contributed by atoms with Gasteiger partial charge in [-0.2, -0.15) is 4.31 Å². The highest BCUT2D eigenvalue weighted by Crippen LogP contribution is 2.29. The number of carbonyl (C=O) groups is 1. The molecule has 0 radical (unpaired) electrons. The first kappa shape index (κ1) is 19.2. The third-order valence-corrected chi connectivity index (χ3v) is 6.60. The molecule has 29 heavy (non-hydrogen) atoms. The van der Waals surface area contributed by atoms with Gasteiger partial charge in [-0.3, -0.25) is 9.78 Å². The minimum atomic E-state index is -3.88. The maximum absolute atomic E-state index is 13.9. The van der Waals surface area contributed by atoms with Crippen molar-refractivity contribution in [3.8, 4) is 11.3 Å². The van der Waals surface area contributed by atoms with Crippen LogP contribution < -0.4 is 0 Å². The van der Waals surface area contributed by atoms with E-state index in [1.165, 1.54) is 33.6 Å². The predicted octanol–water partition coefficient (Wildman–Crippen LogP) is 2.02. The summed E-state index contributed by atoms with van der Waals surface area (Å²) in [6, 6.07) is 9.08. The Labute approximate surface area is 166 Å². The average Bonchev–Trinajstić information content (AvgIpc) is 3.25. The molecule has 2 aromatic heterocycles. The standard InChI is InChI=1S/C19H17FN4O4S/c20-16-6-2-1-5-15(16)19(25)23-8-10-24(11-9-23)29(26,27)17-13-22-28-18(17)14-4-3-7-21-12-14/h1-7,12-13H,8-11H2. The van der Waals surface area contributed by atoms with Crippen molar-refractivity contribution in [2.75, 3.05) is 26.2 Å². The fraction of sp³-hybridized carbons (Fsp3) is 0.211. The highest BCUT2D eigenvalue weighted by molar-refractivity contribution is 7.89. The molecule has 1 saturated heterocycles. The van der Waals surface area contributed by atoms with Gasteiger partial charge in [-0.15, -0.1) is 0 Å². The number of rotatable bonds is 4. The largest absolute Gasteiger partial charge is 0.355 e. The molecule has 0 atom stereocenters. The molecule has 0 N–H and O–H groups in total. The van der Waals surface area contributed by atoms with Crippen LogP contribution in [0.15, 0.2) is 64.4 Å². The van der Waals surface area contributed by atoms with Crippen molar-refractivity contribution in [3.63, 3.8) is 0 Å². The zero-order valence-corrected chi connectivity index (χ0v) is 16.0. The van der Waals surface area contributed by atoms with E-state index in [-0.39, 0.29) is 42.4 Å². The van der Waals surface area contributed by atoms with Crippen LogP contribution in [0.5, 0.6) is 0 Å². The van der Waals surface area contributed by atoms with E-state index in [1.54, 1.807) is 24.4 Å². The fourth-order valence-electron chi connectivity index (χ4n) is 3.18. The van der Waals surface area contributed by atoms with E-state index in [4.69, 9.17) is 4.52 Å². The fourth-order valence-corrected chi connectivity index (χ4v) is 4.67. The van der Waals surface area contributed by atoms with Gasteiger partial charge in [0.25, 0.3) is 5.91 Å². The van der Waals surface area contributed by atoms with Gasteiger partial charge in [0.1, 0.15) is 10.7 Å². The summed E-state index contributed by atoms with van der Waals surface area (Å²) in [7, 11) is -3.88. The second-order valence-electron chi connectivity index (χ2n) is 6.44. The summed E-state index contributed by atoms with van der Waals surface area (Å²) in [6.45, 7) is 0.472. The molecule has 1 aliphatic heterocycles. The van der Waals surface area contributed by atoms with Crippen LogP contribution in [0, 0.1) is 5.82 Å². The molecule has 0 aliphatic carbocycles. The number of amides is 1. The van der Waals surface area contributed by atoms with Crippen LogP contribution in [0.1, 0.15) is 10.4 Å². The summed E-state index contributed by atoms with van der Waals surface area (Å²) in [6.07, 6.45) is 4.22. The van der Waals surface area contributed by atoms with E-state index in [0.29, 0.717) is 5.56 Å². The monoisotopic (exact) mass is 416 g/mol. The number of sulfonamides is 1. The van der Waals surface area contributed by atoms with Gasteiger partial charge in [-0.1, -0.05) is 17.3 Å². The number of hydrogen-bond donors (Lipinski definition) is 0. The molecule has 0 unspecified atom stereocenters. The Morgan fingerprint density at radius 1 is 1.03 bits per heavy atom. The minimum Gasteiger partial charge on any atom is -0.355 e. The molecule has 8 nitrogen and oxygen atoms in total. The van der Waals surface area contributed by atoms with Gasteiger partial charge in [0.05, 0.1) is 11.8 Å². The Bertz CT molecular complexity index is 1130. The molecule has 4 rings (SSSR count). The lowest BCUT2D eigenvalue weighted by atomic mass is 10.1. The number of carbonyl (C=O) groups excluding carboxylic acids is 1. The second kappa shape index (κ2) is 7.72. The third-order valence-electron chi connectivity index (χ3n) is 4.71. The molecule has 1 amide bonds. The summed E-state index contributed by atoms with van der Waals surface area (Å²) < 4.78 is 46.5.